The molecule has 0 bridgehead atoms. The summed E-state index contributed by atoms with van der Waals surface area (Å²) in [7, 11) is 1.28. The van der Waals surface area contributed by atoms with E-state index in [1.54, 1.807) is 6.20 Å². The van der Waals surface area contributed by atoms with Gasteiger partial charge in [0.2, 0.25) is 0 Å². The summed E-state index contributed by atoms with van der Waals surface area (Å²) in [5.41, 5.74) is 6.36. The lowest BCUT2D eigenvalue weighted by molar-refractivity contribution is -0.0355. The number of nitrogens with zero attached hydrogens (tertiary/aromatic N) is 2. The average Bonchev–Trinajstić information content (AvgIpc) is 3.26. The molecule has 1 aliphatic carbocycles. The van der Waals surface area contributed by atoms with Crippen molar-refractivity contribution in [2.75, 3.05) is 19.5 Å². The molecule has 0 aromatic carbocycles. The molecule has 27 heavy (non-hydrogen) atoms. The summed E-state index contributed by atoms with van der Waals surface area (Å²) in [6, 6.07) is 0. The number of ether oxygens (including phenoxy) is 1. The Morgan fingerprint density at radius 2 is 2.22 bits per heavy atom. The first-order valence-corrected chi connectivity index (χ1v) is 11.7. The predicted molar refractivity (Wildman–Crippen MR) is 106 cm³/mol. The van der Waals surface area contributed by atoms with Crippen molar-refractivity contribution in [1.29, 1.82) is 0 Å². The molecule has 4 unspecified atom stereocenters. The molecular weight excluding hydrogens is 413 g/mol. The second-order valence-electron chi connectivity index (χ2n) is 6.71. The summed E-state index contributed by atoms with van der Waals surface area (Å²) in [5.74, 6) is 0.570. The topological polar surface area (TPSA) is 118 Å². The highest BCUT2D eigenvalue weighted by Gasteiger charge is 2.40. The van der Waals surface area contributed by atoms with Gasteiger partial charge in [0.15, 0.2) is 0 Å². The van der Waals surface area contributed by atoms with Crippen molar-refractivity contribution in [3.63, 3.8) is 0 Å². The summed E-state index contributed by atoms with van der Waals surface area (Å²) < 4.78 is 22.6. The highest BCUT2D eigenvalue weighted by atomic mass is 32.5. The molecule has 1 aromatic heterocycles. The minimum Gasteiger partial charge on any atom is -0.383 e. The molecule has 2 aliphatic rings. The lowest BCUT2D eigenvalue weighted by atomic mass is 10.00. The van der Waals surface area contributed by atoms with E-state index in [0.717, 1.165) is 31.2 Å². The van der Waals surface area contributed by atoms with Gasteiger partial charge in [0.25, 0.3) is 0 Å². The van der Waals surface area contributed by atoms with E-state index < -0.39 is 30.8 Å². The molecule has 0 amide bonds. The van der Waals surface area contributed by atoms with Gasteiger partial charge in [-0.3, -0.25) is 4.57 Å². The number of nitrogens with two attached hydrogens (primary N) is 1. The fraction of sp³-hybridized carbons (Fsp3) is 0.733. The van der Waals surface area contributed by atoms with Crippen LogP contribution in [0.3, 0.4) is 0 Å². The van der Waals surface area contributed by atoms with Crippen LogP contribution in [0.15, 0.2) is 11.0 Å². The summed E-state index contributed by atoms with van der Waals surface area (Å²) in [6.45, 7) is -3.31. The van der Waals surface area contributed by atoms with Crippen LogP contribution in [-0.2, 0) is 29.8 Å². The molecule has 3 N–H and O–H groups in total. The minimum absolute atomic E-state index is 0.0932. The molecule has 152 valence electrons. The van der Waals surface area contributed by atoms with Crippen LogP contribution < -0.4 is 11.4 Å². The Hall–Kier alpha value is -0.520. The summed E-state index contributed by atoms with van der Waals surface area (Å²) >= 11 is 8.67. The van der Waals surface area contributed by atoms with Crippen molar-refractivity contribution in [2.24, 2.45) is 0 Å². The number of anilines is 1. The number of thiol groups is 1. The molecule has 1 aliphatic heterocycles. The first-order valence-electron chi connectivity index (χ1n) is 8.72. The number of hydrogen-bond acceptors (Lipinski definition) is 9. The Balaban J connectivity index is 1.86. The third-order valence-corrected chi connectivity index (χ3v) is 6.89. The van der Waals surface area contributed by atoms with E-state index in [4.69, 9.17) is 35.5 Å². The predicted octanol–water partition coefficient (Wildman–Crippen LogP) is 1.88. The Morgan fingerprint density at radius 3 is 2.85 bits per heavy atom. The van der Waals surface area contributed by atoms with E-state index >= 15 is 0 Å². The van der Waals surface area contributed by atoms with Crippen LogP contribution in [0.5, 0.6) is 0 Å². The largest absolute Gasteiger partial charge is 0.383 e. The van der Waals surface area contributed by atoms with Crippen LogP contribution in [0.1, 0.15) is 49.8 Å². The van der Waals surface area contributed by atoms with Crippen molar-refractivity contribution in [1.82, 2.24) is 9.55 Å². The smallest absolute Gasteiger partial charge is 0.351 e. The molecule has 1 saturated heterocycles. The summed E-state index contributed by atoms with van der Waals surface area (Å²) in [6.07, 6.45) is 4.51. The summed E-state index contributed by atoms with van der Waals surface area (Å²) in [5, 5.41) is 0. The molecular formula is C15H24N3O6PS2. The van der Waals surface area contributed by atoms with Gasteiger partial charge in [-0.1, -0.05) is 12.8 Å². The van der Waals surface area contributed by atoms with E-state index in [1.807, 2.05) is 0 Å². The first kappa shape index (κ1) is 21.2. The van der Waals surface area contributed by atoms with Gasteiger partial charge in [-0.05, 0) is 43.5 Å². The molecule has 0 radical (unpaired) electrons. The van der Waals surface area contributed by atoms with Crippen LogP contribution in [0.2, 0.25) is 0 Å². The molecule has 0 spiro atoms. The number of nitrogen functional groups attached to an aromatic ring is 1. The average molecular weight is 437 g/mol. The zero-order chi connectivity index (χ0) is 19.6. The Kier molecular flexibility index (Phi) is 6.97. The molecule has 12 heteroatoms. The highest BCUT2D eigenvalue weighted by molar-refractivity contribution is 8.07. The molecule has 2 heterocycles. The number of rotatable bonds is 7. The molecule has 9 nitrogen and oxygen atoms in total. The normalized spacial score (nSPS) is 28.5. The zero-order valence-electron chi connectivity index (χ0n) is 14.9. The maximum atomic E-state index is 12.4. The van der Waals surface area contributed by atoms with Gasteiger partial charge in [-0.15, -0.1) is 0 Å². The van der Waals surface area contributed by atoms with Crippen LogP contribution in [0, 0.1) is 0 Å². The molecule has 4 atom stereocenters. The van der Waals surface area contributed by atoms with Crippen molar-refractivity contribution < 1.29 is 22.9 Å². The van der Waals surface area contributed by atoms with Gasteiger partial charge in [-0.25, -0.2) is 4.79 Å². The van der Waals surface area contributed by atoms with Gasteiger partial charge in [0, 0.05) is 25.3 Å². The van der Waals surface area contributed by atoms with Crippen molar-refractivity contribution in [2.45, 2.75) is 56.5 Å². The SMILES string of the molecule is COP(O)(=S)OC1CC(n2cc(C3CCCC3)c(N)nc2=O)OC1COS. The van der Waals surface area contributed by atoms with E-state index in [0.29, 0.717) is 5.92 Å². The van der Waals surface area contributed by atoms with E-state index in [1.165, 1.54) is 11.7 Å². The van der Waals surface area contributed by atoms with Crippen LogP contribution in [0.4, 0.5) is 5.82 Å². The van der Waals surface area contributed by atoms with Gasteiger partial charge in [0.1, 0.15) is 24.3 Å². The zero-order valence-corrected chi connectivity index (χ0v) is 17.5. The minimum atomic E-state index is -3.40. The Labute approximate surface area is 168 Å². The third kappa shape index (κ3) is 4.91. The summed E-state index contributed by atoms with van der Waals surface area (Å²) in [4.78, 5) is 26.4. The number of aromatic nitrogens is 2. The van der Waals surface area contributed by atoms with Gasteiger partial charge < -0.3 is 28.6 Å². The Bertz CT molecular complexity index is 772. The van der Waals surface area contributed by atoms with Gasteiger partial charge >= 0.3 is 12.4 Å². The molecule has 1 saturated carbocycles. The van der Waals surface area contributed by atoms with Crippen LogP contribution in [0.25, 0.3) is 0 Å². The second-order valence-corrected chi connectivity index (χ2v) is 9.86. The fourth-order valence-corrected chi connectivity index (χ4v) is 4.80. The van der Waals surface area contributed by atoms with Crippen molar-refractivity contribution >= 4 is 37.3 Å². The third-order valence-electron chi connectivity index (χ3n) is 5.03. The van der Waals surface area contributed by atoms with Crippen molar-refractivity contribution in [3.8, 4) is 0 Å². The lowest BCUT2D eigenvalue weighted by Gasteiger charge is -2.21. The van der Waals surface area contributed by atoms with Crippen LogP contribution >= 0.6 is 19.6 Å². The monoisotopic (exact) mass is 437 g/mol. The molecule has 2 fully saturated rings. The van der Waals surface area contributed by atoms with Gasteiger partial charge in [-0.2, -0.15) is 4.98 Å². The molecule has 3 rings (SSSR count). The highest BCUT2D eigenvalue weighted by Crippen LogP contribution is 2.48. The van der Waals surface area contributed by atoms with E-state index in [2.05, 4.69) is 17.9 Å². The fourth-order valence-electron chi connectivity index (χ4n) is 3.67. The van der Waals surface area contributed by atoms with E-state index in [-0.39, 0.29) is 18.8 Å². The maximum Gasteiger partial charge on any atom is 0.351 e. The quantitative estimate of drug-likeness (QED) is 0.334. The standard InChI is InChI=1S/C15H24N3O6PS2/c1-21-25(20,27)24-11-6-13(23-12(11)8-22-26)18-7-10(9-4-2-3-5-9)14(16)17-15(18)19/h7,9,11-13,26H,2-6,8H2,1H3,(H,20,27)(H2,16,17,19). The van der Waals surface area contributed by atoms with E-state index in [9.17, 15) is 9.69 Å². The lowest BCUT2D eigenvalue weighted by Crippen LogP contribution is -2.29. The van der Waals surface area contributed by atoms with Gasteiger partial charge in [0.05, 0.1) is 6.61 Å². The first-order chi connectivity index (χ1) is 12.8. The second kappa shape index (κ2) is 8.87. The maximum absolute atomic E-state index is 12.4. The Morgan fingerprint density at radius 1 is 1.52 bits per heavy atom. The molecule has 1 aromatic rings. The van der Waals surface area contributed by atoms with Crippen molar-refractivity contribution in [3.05, 3.63) is 22.2 Å². The number of hydrogen-bond donors (Lipinski definition) is 3. The van der Waals surface area contributed by atoms with Crippen LogP contribution in [-0.4, -0.2) is 40.4 Å².